The molecule has 170 valence electrons. The number of anilines is 1. The van der Waals surface area contributed by atoms with E-state index in [1.807, 2.05) is 13.8 Å². The van der Waals surface area contributed by atoms with Gasteiger partial charge in [-0.15, -0.1) is 11.3 Å². The Morgan fingerprint density at radius 3 is 2.50 bits per heavy atom. The Labute approximate surface area is 190 Å². The van der Waals surface area contributed by atoms with E-state index in [0.29, 0.717) is 11.5 Å². The van der Waals surface area contributed by atoms with Crippen LogP contribution in [0, 0.1) is 0 Å². The van der Waals surface area contributed by atoms with Gasteiger partial charge in [-0.25, -0.2) is 9.78 Å². The fraction of sp³-hybridized carbons (Fsp3) is 0.364. The van der Waals surface area contributed by atoms with Crippen LogP contribution in [0.15, 0.2) is 18.3 Å². The summed E-state index contributed by atoms with van der Waals surface area (Å²) >= 11 is 1.21. The molecule has 32 heavy (non-hydrogen) atoms. The fourth-order valence-corrected chi connectivity index (χ4v) is 4.21. The summed E-state index contributed by atoms with van der Waals surface area (Å²) in [5, 5.41) is 2.96. The predicted molar refractivity (Wildman–Crippen MR) is 120 cm³/mol. The van der Waals surface area contributed by atoms with Crippen molar-refractivity contribution < 1.29 is 28.6 Å². The third-order valence-electron chi connectivity index (χ3n) is 4.86. The van der Waals surface area contributed by atoms with Gasteiger partial charge in [-0.3, -0.25) is 9.59 Å². The lowest BCUT2D eigenvalue weighted by Crippen LogP contribution is -2.34. The minimum atomic E-state index is -0.556. The van der Waals surface area contributed by atoms with Crippen molar-refractivity contribution in [1.82, 2.24) is 9.88 Å². The predicted octanol–water partition coefficient (Wildman–Crippen LogP) is 3.06. The van der Waals surface area contributed by atoms with Crippen LogP contribution in [0.1, 0.15) is 46.3 Å². The number of methoxy groups -OCH3 is 3. The molecular weight excluding hydrogens is 434 g/mol. The van der Waals surface area contributed by atoms with E-state index in [-0.39, 0.29) is 35.6 Å². The molecule has 1 aliphatic heterocycles. The van der Waals surface area contributed by atoms with Gasteiger partial charge in [0.25, 0.3) is 0 Å². The highest BCUT2D eigenvalue weighted by atomic mass is 32.1. The first-order valence-corrected chi connectivity index (χ1v) is 10.7. The van der Waals surface area contributed by atoms with Crippen molar-refractivity contribution in [3.63, 3.8) is 0 Å². The van der Waals surface area contributed by atoms with Gasteiger partial charge < -0.3 is 24.4 Å². The lowest BCUT2D eigenvalue weighted by atomic mass is 10.0. The molecule has 0 bridgehead atoms. The number of carbonyl (C=O) groups is 3. The quantitative estimate of drug-likeness (QED) is 0.634. The average Bonchev–Trinajstić information content (AvgIpc) is 3.13. The average molecular weight is 460 g/mol. The van der Waals surface area contributed by atoms with Crippen LogP contribution in [-0.4, -0.2) is 55.5 Å². The zero-order valence-electron chi connectivity index (χ0n) is 18.6. The van der Waals surface area contributed by atoms with Crippen LogP contribution in [0.2, 0.25) is 0 Å². The number of thiazole rings is 1. The van der Waals surface area contributed by atoms with E-state index in [4.69, 9.17) is 14.2 Å². The van der Waals surface area contributed by atoms with Gasteiger partial charge in [-0.1, -0.05) is 13.8 Å². The van der Waals surface area contributed by atoms with Crippen molar-refractivity contribution in [3.05, 3.63) is 40.0 Å². The third-order valence-corrected chi connectivity index (χ3v) is 6.13. The molecule has 2 aromatic rings. The maximum absolute atomic E-state index is 12.7. The highest BCUT2D eigenvalue weighted by Gasteiger charge is 2.24. The van der Waals surface area contributed by atoms with Crippen LogP contribution >= 0.6 is 11.3 Å². The molecule has 0 saturated heterocycles. The normalized spacial score (nSPS) is 12.9. The molecule has 1 aliphatic rings. The highest BCUT2D eigenvalue weighted by molar-refractivity contribution is 7.16. The summed E-state index contributed by atoms with van der Waals surface area (Å²) in [6.45, 7) is 3.66. The second-order valence-corrected chi connectivity index (χ2v) is 8.38. The monoisotopic (exact) mass is 459 g/mol. The molecule has 0 aliphatic carbocycles. The number of benzene rings is 1. The van der Waals surface area contributed by atoms with Gasteiger partial charge >= 0.3 is 5.97 Å². The van der Waals surface area contributed by atoms with Gasteiger partial charge in [0, 0.05) is 11.1 Å². The summed E-state index contributed by atoms with van der Waals surface area (Å²) in [6, 6.07) is 3.55. The van der Waals surface area contributed by atoms with Gasteiger partial charge in [0.1, 0.15) is 6.54 Å². The van der Waals surface area contributed by atoms with E-state index in [2.05, 4.69) is 10.3 Å². The summed E-state index contributed by atoms with van der Waals surface area (Å²) in [4.78, 5) is 43.6. The van der Waals surface area contributed by atoms with Crippen LogP contribution in [0.5, 0.6) is 11.5 Å². The maximum Gasteiger partial charge on any atom is 0.357 e. The third kappa shape index (κ3) is 4.91. The molecule has 1 N–H and O–H groups in total. The molecular formula is C22H25N3O6S. The smallest absolute Gasteiger partial charge is 0.357 e. The molecule has 2 amide bonds. The minimum absolute atomic E-state index is 0.0369. The summed E-state index contributed by atoms with van der Waals surface area (Å²) in [7, 11) is 4.36. The van der Waals surface area contributed by atoms with Crippen molar-refractivity contribution in [1.29, 1.82) is 0 Å². The van der Waals surface area contributed by atoms with Gasteiger partial charge in [0.05, 0.1) is 27.8 Å². The second kappa shape index (κ2) is 9.82. The second-order valence-electron chi connectivity index (χ2n) is 7.35. The van der Waals surface area contributed by atoms with E-state index < -0.39 is 11.9 Å². The van der Waals surface area contributed by atoms with E-state index in [0.717, 1.165) is 16.0 Å². The van der Waals surface area contributed by atoms with Crippen LogP contribution in [0.25, 0.3) is 6.08 Å². The van der Waals surface area contributed by atoms with Crippen molar-refractivity contribution in [3.8, 4) is 11.5 Å². The number of amides is 2. The number of nitrogens with zero attached hydrogens (tertiary/aromatic N) is 2. The molecule has 10 heteroatoms. The number of nitrogens with one attached hydrogen (secondary N) is 1. The topological polar surface area (TPSA) is 107 Å². The van der Waals surface area contributed by atoms with E-state index in [9.17, 15) is 14.4 Å². The molecule has 0 spiro atoms. The van der Waals surface area contributed by atoms with Gasteiger partial charge in [-0.2, -0.15) is 0 Å². The summed E-state index contributed by atoms with van der Waals surface area (Å²) in [6.07, 6.45) is 3.43. The van der Waals surface area contributed by atoms with Gasteiger partial charge in [0.15, 0.2) is 22.3 Å². The molecule has 0 saturated carbocycles. The molecule has 0 fully saturated rings. The zero-order valence-corrected chi connectivity index (χ0v) is 19.4. The number of hydrogen-bond donors (Lipinski definition) is 1. The Morgan fingerprint density at radius 2 is 1.88 bits per heavy atom. The van der Waals surface area contributed by atoms with Crippen molar-refractivity contribution >= 4 is 40.3 Å². The molecule has 2 heterocycles. The first-order chi connectivity index (χ1) is 15.3. The van der Waals surface area contributed by atoms with Crippen molar-refractivity contribution in [2.45, 2.75) is 26.2 Å². The number of ether oxygens (including phenoxy) is 3. The molecule has 0 unspecified atom stereocenters. The molecule has 0 radical (unpaired) electrons. The lowest BCUT2D eigenvalue weighted by molar-refractivity contribution is -0.131. The largest absolute Gasteiger partial charge is 0.493 e. The summed E-state index contributed by atoms with van der Waals surface area (Å²) in [5.74, 6) is -0.0933. The number of fused-ring (bicyclic) bond motifs is 1. The Balaban J connectivity index is 1.74. The molecule has 1 aromatic heterocycles. The number of aromatic nitrogens is 1. The molecule has 9 nitrogen and oxygen atoms in total. The number of hydrogen-bond acceptors (Lipinski definition) is 8. The first-order valence-electron chi connectivity index (χ1n) is 9.88. The van der Waals surface area contributed by atoms with Gasteiger partial charge in [-0.05, 0) is 35.3 Å². The van der Waals surface area contributed by atoms with Crippen LogP contribution < -0.4 is 14.8 Å². The molecule has 0 atom stereocenters. The lowest BCUT2D eigenvalue weighted by Gasteiger charge is -2.16. The first kappa shape index (κ1) is 23.3. The van der Waals surface area contributed by atoms with Crippen LogP contribution in [0.3, 0.4) is 0 Å². The number of rotatable bonds is 7. The van der Waals surface area contributed by atoms with Crippen LogP contribution in [-0.2, 0) is 20.7 Å². The highest BCUT2D eigenvalue weighted by Crippen LogP contribution is 2.33. The Bertz CT molecular complexity index is 1080. The molecule has 1 aromatic carbocycles. The number of carbonyl (C=O) groups excluding carboxylic acids is 3. The van der Waals surface area contributed by atoms with Crippen molar-refractivity contribution in [2.24, 2.45) is 0 Å². The minimum Gasteiger partial charge on any atom is -0.493 e. The Kier molecular flexibility index (Phi) is 7.14. The van der Waals surface area contributed by atoms with E-state index in [1.54, 1.807) is 31.5 Å². The fourth-order valence-electron chi connectivity index (χ4n) is 3.24. The van der Waals surface area contributed by atoms with E-state index in [1.165, 1.54) is 30.5 Å². The standard InChI is InChI=1S/C22H25N3O6S/c1-12(2)20-19(21(28)31-5)24-22(32-20)23-17(26)11-25-7-6-13-8-15(29-3)16(30-4)9-14(13)10-18(25)27/h6-9,12H,10-11H2,1-5H3,(H,23,24,26). The van der Waals surface area contributed by atoms with Crippen molar-refractivity contribution in [2.75, 3.05) is 33.2 Å². The maximum atomic E-state index is 12.7. The van der Waals surface area contributed by atoms with Crippen LogP contribution in [0.4, 0.5) is 5.13 Å². The molecule has 3 rings (SSSR count). The van der Waals surface area contributed by atoms with Gasteiger partial charge in [0.2, 0.25) is 11.8 Å². The summed E-state index contributed by atoms with van der Waals surface area (Å²) < 4.78 is 15.4. The van der Waals surface area contributed by atoms with E-state index >= 15 is 0 Å². The summed E-state index contributed by atoms with van der Waals surface area (Å²) in [5.41, 5.74) is 1.77. The SMILES string of the molecule is COC(=O)c1nc(NC(=O)CN2C=Cc3cc(OC)c(OC)cc3CC2=O)sc1C(C)C. The number of esters is 1. The Morgan fingerprint density at radius 1 is 1.19 bits per heavy atom. The Hall–Kier alpha value is -3.40. The zero-order chi connectivity index (χ0) is 23.4.